The molecule has 0 saturated heterocycles. The minimum absolute atomic E-state index is 0.145. The molecular formula is C12H17BrO4. The van der Waals surface area contributed by atoms with Gasteiger partial charge in [0.15, 0.2) is 6.29 Å². The predicted octanol–water partition coefficient (Wildman–Crippen LogP) is 2.93. The molecular weight excluding hydrogens is 288 g/mol. The van der Waals surface area contributed by atoms with E-state index in [1.807, 2.05) is 13.8 Å². The Morgan fingerprint density at radius 2 is 1.88 bits per heavy atom. The number of hydrogen-bond acceptors (Lipinski definition) is 4. The quantitative estimate of drug-likeness (QED) is 0.787. The summed E-state index contributed by atoms with van der Waals surface area (Å²) in [5.74, 6) is 0.710. The van der Waals surface area contributed by atoms with Crippen LogP contribution in [0.4, 0.5) is 0 Å². The summed E-state index contributed by atoms with van der Waals surface area (Å²) in [5.41, 5.74) is 0. The zero-order chi connectivity index (χ0) is 12.7. The molecule has 4 nitrogen and oxygen atoms in total. The molecule has 96 valence electrons. The van der Waals surface area contributed by atoms with Crippen LogP contribution >= 0.6 is 15.9 Å². The Bertz CT molecular complexity index is 337. The maximum Gasteiger partial charge on any atom is 0.191 e. The Kier molecular flexibility index (Phi) is 6.32. The van der Waals surface area contributed by atoms with Gasteiger partial charge in [0.05, 0.1) is 0 Å². The van der Waals surface area contributed by atoms with E-state index in [0.717, 1.165) is 0 Å². The topological polar surface area (TPSA) is 47.9 Å². The molecule has 0 fully saturated rings. The van der Waals surface area contributed by atoms with Gasteiger partial charge in [0.25, 0.3) is 0 Å². The molecule has 1 aromatic carbocycles. The Morgan fingerprint density at radius 1 is 1.24 bits per heavy atom. The van der Waals surface area contributed by atoms with Gasteiger partial charge in [-0.15, -0.1) is 0 Å². The van der Waals surface area contributed by atoms with Crippen molar-refractivity contribution in [3.63, 3.8) is 0 Å². The maximum atomic E-state index is 9.48. The zero-order valence-corrected chi connectivity index (χ0v) is 11.6. The van der Waals surface area contributed by atoms with Crippen molar-refractivity contribution in [3.8, 4) is 11.5 Å². The van der Waals surface area contributed by atoms with E-state index in [0.29, 0.717) is 23.4 Å². The maximum absolute atomic E-state index is 9.48. The Morgan fingerprint density at radius 3 is 2.47 bits per heavy atom. The summed E-state index contributed by atoms with van der Waals surface area (Å²) in [6, 6.07) is 5.06. The number of hydrogen-bond donors (Lipinski definition) is 1. The predicted molar refractivity (Wildman–Crippen MR) is 68.3 cm³/mol. The molecule has 0 amide bonds. The van der Waals surface area contributed by atoms with Crippen LogP contribution in [0.25, 0.3) is 0 Å². The molecule has 0 unspecified atom stereocenters. The van der Waals surface area contributed by atoms with Crippen LogP contribution in [-0.4, -0.2) is 31.2 Å². The van der Waals surface area contributed by atoms with E-state index in [1.54, 1.807) is 18.2 Å². The summed E-state index contributed by atoms with van der Waals surface area (Å²) < 4.78 is 16.8. The zero-order valence-electron chi connectivity index (χ0n) is 9.98. The van der Waals surface area contributed by atoms with Crippen LogP contribution in [-0.2, 0) is 9.47 Å². The molecule has 0 aliphatic rings. The number of phenols is 1. The summed E-state index contributed by atoms with van der Waals surface area (Å²) >= 11 is 3.25. The van der Waals surface area contributed by atoms with Crippen molar-refractivity contribution in [2.45, 2.75) is 20.1 Å². The first-order valence-corrected chi connectivity index (χ1v) is 6.31. The van der Waals surface area contributed by atoms with Gasteiger partial charge in [0, 0.05) is 13.2 Å². The number of rotatable bonds is 7. The third-order valence-electron chi connectivity index (χ3n) is 2.02. The van der Waals surface area contributed by atoms with Crippen LogP contribution < -0.4 is 4.74 Å². The normalized spacial score (nSPS) is 10.8. The summed E-state index contributed by atoms with van der Waals surface area (Å²) in [6.07, 6.45) is -0.390. The first-order chi connectivity index (χ1) is 8.19. The molecule has 1 N–H and O–H groups in total. The van der Waals surface area contributed by atoms with Gasteiger partial charge in [0.2, 0.25) is 0 Å². The van der Waals surface area contributed by atoms with Crippen LogP contribution in [0.3, 0.4) is 0 Å². The third kappa shape index (κ3) is 4.53. The average molecular weight is 305 g/mol. The third-order valence-corrected chi connectivity index (χ3v) is 2.82. The van der Waals surface area contributed by atoms with Crippen molar-refractivity contribution in [3.05, 3.63) is 22.7 Å². The monoisotopic (exact) mass is 304 g/mol. The van der Waals surface area contributed by atoms with E-state index in [1.165, 1.54) is 0 Å². The van der Waals surface area contributed by atoms with Crippen molar-refractivity contribution in [2.24, 2.45) is 0 Å². The smallest absolute Gasteiger partial charge is 0.191 e. The lowest BCUT2D eigenvalue weighted by atomic mass is 10.3. The number of aromatic hydroxyl groups is 1. The molecule has 1 rings (SSSR count). The lowest BCUT2D eigenvalue weighted by Gasteiger charge is -2.18. The molecule has 0 aliphatic carbocycles. The molecule has 0 aromatic heterocycles. The largest absolute Gasteiger partial charge is 0.507 e. The van der Waals surface area contributed by atoms with E-state index in [9.17, 15) is 5.11 Å². The summed E-state index contributed by atoms with van der Waals surface area (Å²) in [4.78, 5) is 0. The molecule has 0 spiro atoms. The van der Waals surface area contributed by atoms with Gasteiger partial charge in [-0.3, -0.25) is 0 Å². The molecule has 0 saturated carbocycles. The molecule has 0 radical (unpaired) electrons. The second kappa shape index (κ2) is 7.53. The van der Waals surface area contributed by atoms with E-state index < -0.39 is 0 Å². The SMILES string of the molecule is CCOC(COc1cccc(O)c1Br)OCC. The van der Waals surface area contributed by atoms with Crippen LogP contribution in [0.2, 0.25) is 0 Å². The molecule has 0 bridgehead atoms. The van der Waals surface area contributed by atoms with Crippen molar-refractivity contribution in [1.82, 2.24) is 0 Å². The van der Waals surface area contributed by atoms with Gasteiger partial charge in [0.1, 0.15) is 22.6 Å². The van der Waals surface area contributed by atoms with Crippen LogP contribution in [0, 0.1) is 0 Å². The first kappa shape index (κ1) is 14.3. The summed E-state index contributed by atoms with van der Waals surface area (Å²) in [6.45, 7) is 5.21. The van der Waals surface area contributed by atoms with E-state index in [2.05, 4.69) is 15.9 Å². The van der Waals surface area contributed by atoms with E-state index >= 15 is 0 Å². The van der Waals surface area contributed by atoms with Crippen LogP contribution in [0.15, 0.2) is 22.7 Å². The molecule has 5 heteroatoms. The Balaban J connectivity index is 2.55. The second-order valence-corrected chi connectivity index (χ2v) is 4.03. The summed E-state index contributed by atoms with van der Waals surface area (Å²) in [7, 11) is 0. The van der Waals surface area contributed by atoms with E-state index in [4.69, 9.17) is 14.2 Å². The molecule has 0 atom stereocenters. The van der Waals surface area contributed by atoms with Gasteiger partial charge in [-0.05, 0) is 41.9 Å². The molecule has 1 aromatic rings. The van der Waals surface area contributed by atoms with Gasteiger partial charge in [-0.2, -0.15) is 0 Å². The van der Waals surface area contributed by atoms with Crippen LogP contribution in [0.5, 0.6) is 11.5 Å². The lowest BCUT2D eigenvalue weighted by Crippen LogP contribution is -2.25. The number of benzene rings is 1. The fourth-order valence-electron chi connectivity index (χ4n) is 1.28. The first-order valence-electron chi connectivity index (χ1n) is 5.52. The van der Waals surface area contributed by atoms with Gasteiger partial charge < -0.3 is 19.3 Å². The standard InChI is InChI=1S/C12H17BrO4/c1-3-15-11(16-4-2)8-17-10-7-5-6-9(14)12(10)13/h5-7,11,14H,3-4,8H2,1-2H3. The summed E-state index contributed by atoms with van der Waals surface area (Å²) in [5, 5.41) is 9.48. The van der Waals surface area contributed by atoms with Crippen molar-refractivity contribution < 1.29 is 19.3 Å². The fraction of sp³-hybridized carbons (Fsp3) is 0.500. The Labute approximate surface area is 110 Å². The highest BCUT2D eigenvalue weighted by molar-refractivity contribution is 9.10. The second-order valence-electron chi connectivity index (χ2n) is 3.24. The number of halogens is 1. The lowest BCUT2D eigenvalue weighted by molar-refractivity contribution is -0.152. The van der Waals surface area contributed by atoms with Crippen LogP contribution in [0.1, 0.15) is 13.8 Å². The highest BCUT2D eigenvalue weighted by atomic mass is 79.9. The van der Waals surface area contributed by atoms with Gasteiger partial charge in [-0.25, -0.2) is 0 Å². The van der Waals surface area contributed by atoms with Gasteiger partial charge in [-0.1, -0.05) is 6.07 Å². The highest BCUT2D eigenvalue weighted by Crippen LogP contribution is 2.33. The Hall–Kier alpha value is -0.780. The molecule has 0 aliphatic heterocycles. The van der Waals surface area contributed by atoms with Crippen molar-refractivity contribution in [2.75, 3.05) is 19.8 Å². The number of phenolic OH excluding ortho intramolecular Hbond substituents is 1. The molecule has 17 heavy (non-hydrogen) atoms. The minimum Gasteiger partial charge on any atom is -0.507 e. The molecule has 0 heterocycles. The average Bonchev–Trinajstić information content (AvgIpc) is 2.31. The van der Waals surface area contributed by atoms with Crippen molar-refractivity contribution in [1.29, 1.82) is 0 Å². The highest BCUT2D eigenvalue weighted by Gasteiger charge is 2.11. The minimum atomic E-state index is -0.390. The van der Waals surface area contributed by atoms with Gasteiger partial charge >= 0.3 is 0 Å². The number of ether oxygens (including phenoxy) is 3. The van der Waals surface area contributed by atoms with Crippen molar-refractivity contribution >= 4 is 15.9 Å². The van der Waals surface area contributed by atoms with E-state index in [-0.39, 0.29) is 18.6 Å². The fourth-order valence-corrected chi connectivity index (χ4v) is 1.66.